The Morgan fingerprint density at radius 2 is 1.04 bits per heavy atom. The second-order valence-corrected chi connectivity index (χ2v) is 10.3. The predicted molar refractivity (Wildman–Crippen MR) is 114 cm³/mol. The Labute approximate surface area is 164 Å². The lowest BCUT2D eigenvalue weighted by Gasteiger charge is -2.20. The first-order valence-corrected chi connectivity index (χ1v) is 13.6. The molecule has 0 aromatic carbocycles. The average Bonchev–Trinajstić information content (AvgIpc) is 2.60. The average molecular weight is 371 g/mol. The van der Waals surface area contributed by atoms with Crippen LogP contribution in [-0.4, -0.2) is 27.4 Å². The van der Waals surface area contributed by atoms with Crippen molar-refractivity contribution in [1.29, 1.82) is 0 Å². The monoisotopic (exact) mass is 370 g/mol. The van der Waals surface area contributed by atoms with Crippen LogP contribution in [0.3, 0.4) is 0 Å². The molecule has 0 bridgehead atoms. The predicted octanol–water partition coefficient (Wildman–Crippen LogP) is 7.88. The van der Waals surface area contributed by atoms with E-state index in [4.69, 9.17) is 8.53 Å². The fourth-order valence-corrected chi connectivity index (χ4v) is 5.96. The first kappa shape index (κ1) is 25.5. The van der Waals surface area contributed by atoms with Gasteiger partial charge < -0.3 is 8.53 Å². The third-order valence-corrected chi connectivity index (χ3v) is 7.87. The Kier molecular flexibility index (Phi) is 21.1. The highest BCUT2D eigenvalue weighted by Gasteiger charge is 2.22. The molecule has 1 atom stereocenters. The lowest BCUT2D eigenvalue weighted by molar-refractivity contribution is -0.0705. The largest absolute Gasteiger partial charge is 0.478 e. The van der Waals surface area contributed by atoms with Crippen LogP contribution < -0.4 is 0 Å². The van der Waals surface area contributed by atoms with Crippen LogP contribution in [0.1, 0.15) is 118 Å². The molecule has 2 nitrogen and oxygen atoms in total. The summed E-state index contributed by atoms with van der Waals surface area (Å²) in [7, 11) is 0. The molecule has 0 aliphatic carbocycles. The summed E-state index contributed by atoms with van der Waals surface area (Å²) in [6, 6.07) is 0. The van der Waals surface area contributed by atoms with E-state index in [2.05, 4.69) is 27.7 Å². The zero-order valence-electron chi connectivity index (χ0n) is 18.0. The molecular formula is C22H47AlO2. The number of hydrogen-bond donors (Lipinski definition) is 0. The van der Waals surface area contributed by atoms with Gasteiger partial charge in [0.15, 0.2) is 0 Å². The van der Waals surface area contributed by atoms with E-state index in [0.29, 0.717) is 0 Å². The van der Waals surface area contributed by atoms with Crippen LogP contribution in [-0.2, 0) is 8.53 Å². The smallest absolute Gasteiger partial charge is 0.462 e. The van der Waals surface area contributed by atoms with Gasteiger partial charge in [0.1, 0.15) is 6.29 Å². The van der Waals surface area contributed by atoms with E-state index < -0.39 is 14.5 Å². The molecule has 0 rings (SSSR count). The van der Waals surface area contributed by atoms with E-state index >= 15 is 0 Å². The third-order valence-electron chi connectivity index (χ3n) is 4.99. The molecule has 0 amide bonds. The van der Waals surface area contributed by atoms with Gasteiger partial charge in [0, 0.05) is 6.61 Å². The number of unbranched alkanes of at least 4 members (excludes halogenated alkanes) is 11. The lowest BCUT2D eigenvalue weighted by atomic mass is 10.1. The summed E-state index contributed by atoms with van der Waals surface area (Å²) in [4.78, 5) is 0. The standard InChI is InChI=1S/2C8H17.C6H13O2.Al/c2*1-3-5-7-8-6-4-2;1-3-4-5-8-6(2)7;/h2*1,3-8H2,2H3;6H,3-5H2,1-2H3;/q;;-1;+1. The Balaban J connectivity index is 3.94. The molecule has 0 saturated carbocycles. The number of ether oxygens (including phenoxy) is 1. The van der Waals surface area contributed by atoms with E-state index in [1.54, 1.807) is 0 Å². The van der Waals surface area contributed by atoms with Gasteiger partial charge in [-0.1, -0.05) is 115 Å². The first-order valence-electron chi connectivity index (χ1n) is 11.5. The van der Waals surface area contributed by atoms with E-state index in [0.717, 1.165) is 13.0 Å². The molecule has 0 aliphatic rings. The van der Waals surface area contributed by atoms with Crippen LogP contribution >= 0.6 is 0 Å². The summed E-state index contributed by atoms with van der Waals surface area (Å²) in [5.41, 5.74) is 0. The summed E-state index contributed by atoms with van der Waals surface area (Å²) in [5, 5.41) is 2.70. The summed E-state index contributed by atoms with van der Waals surface area (Å²) < 4.78 is 12.2. The molecule has 0 heterocycles. The Hall–Kier alpha value is 0.452. The number of rotatable bonds is 20. The SMILES string of the molecule is CCCCCCC[CH2][Al]([CH2]CCCCCCC)[O]C(C)OCCCC. The highest BCUT2D eigenvalue weighted by atomic mass is 27.2. The normalized spacial score (nSPS) is 12.5. The maximum Gasteiger partial charge on any atom is 0.462 e. The molecule has 150 valence electrons. The zero-order valence-corrected chi connectivity index (χ0v) is 19.1. The van der Waals surface area contributed by atoms with Crippen LogP contribution in [0.25, 0.3) is 0 Å². The quantitative estimate of drug-likeness (QED) is 0.123. The van der Waals surface area contributed by atoms with Gasteiger partial charge in [-0.15, -0.1) is 0 Å². The highest BCUT2D eigenvalue weighted by Crippen LogP contribution is 2.17. The van der Waals surface area contributed by atoms with Gasteiger partial charge in [-0.05, 0) is 13.3 Å². The maximum atomic E-state index is 6.37. The Morgan fingerprint density at radius 1 is 0.600 bits per heavy atom. The zero-order chi connectivity index (χ0) is 18.6. The van der Waals surface area contributed by atoms with Crippen LogP contribution in [0.2, 0.25) is 10.6 Å². The molecule has 0 aromatic rings. The molecule has 25 heavy (non-hydrogen) atoms. The van der Waals surface area contributed by atoms with Crippen LogP contribution in [0.4, 0.5) is 0 Å². The van der Waals surface area contributed by atoms with E-state index in [9.17, 15) is 0 Å². The van der Waals surface area contributed by atoms with Gasteiger partial charge in [0.25, 0.3) is 0 Å². The molecule has 0 aliphatic heterocycles. The molecule has 0 aromatic heterocycles. The van der Waals surface area contributed by atoms with Crippen molar-refractivity contribution in [1.82, 2.24) is 0 Å². The summed E-state index contributed by atoms with van der Waals surface area (Å²) >= 11 is -1.09. The van der Waals surface area contributed by atoms with Crippen LogP contribution in [0, 0.1) is 0 Å². The van der Waals surface area contributed by atoms with Gasteiger partial charge >= 0.3 is 14.5 Å². The van der Waals surface area contributed by atoms with Crippen molar-refractivity contribution in [3.63, 3.8) is 0 Å². The lowest BCUT2D eigenvalue weighted by Crippen LogP contribution is -2.26. The molecule has 1 unspecified atom stereocenters. The Morgan fingerprint density at radius 3 is 1.52 bits per heavy atom. The fourth-order valence-electron chi connectivity index (χ4n) is 3.29. The van der Waals surface area contributed by atoms with Crippen molar-refractivity contribution in [3.05, 3.63) is 0 Å². The number of hydrogen-bond acceptors (Lipinski definition) is 2. The van der Waals surface area contributed by atoms with Crippen molar-refractivity contribution in [3.8, 4) is 0 Å². The minimum Gasteiger partial charge on any atom is -0.478 e. The van der Waals surface area contributed by atoms with Crippen LogP contribution in [0.5, 0.6) is 0 Å². The minimum atomic E-state index is -1.09. The second-order valence-electron chi connectivity index (χ2n) is 7.66. The Bertz CT molecular complexity index is 232. The first-order chi connectivity index (χ1) is 12.2. The van der Waals surface area contributed by atoms with Gasteiger partial charge in [0.2, 0.25) is 0 Å². The van der Waals surface area contributed by atoms with Crippen molar-refractivity contribution < 1.29 is 8.53 Å². The molecular weight excluding hydrogens is 323 g/mol. The van der Waals surface area contributed by atoms with Crippen molar-refractivity contribution in [2.75, 3.05) is 6.61 Å². The molecule has 0 spiro atoms. The van der Waals surface area contributed by atoms with Gasteiger partial charge in [-0.3, -0.25) is 0 Å². The van der Waals surface area contributed by atoms with Crippen LogP contribution in [0.15, 0.2) is 0 Å². The van der Waals surface area contributed by atoms with Crippen molar-refractivity contribution in [2.24, 2.45) is 0 Å². The summed E-state index contributed by atoms with van der Waals surface area (Å²) in [5.74, 6) is 0. The molecule has 0 fully saturated rings. The highest BCUT2D eigenvalue weighted by molar-refractivity contribution is 6.51. The van der Waals surface area contributed by atoms with E-state index in [1.165, 1.54) is 94.0 Å². The summed E-state index contributed by atoms with van der Waals surface area (Å²) in [6.07, 6.45) is 19.0. The van der Waals surface area contributed by atoms with E-state index in [1.807, 2.05) is 0 Å². The molecule has 0 radical (unpaired) electrons. The van der Waals surface area contributed by atoms with E-state index in [-0.39, 0.29) is 6.29 Å². The maximum absolute atomic E-state index is 6.37. The third kappa shape index (κ3) is 19.0. The molecule has 0 saturated heterocycles. The topological polar surface area (TPSA) is 18.5 Å². The van der Waals surface area contributed by atoms with Crippen molar-refractivity contribution >= 4 is 14.5 Å². The summed E-state index contributed by atoms with van der Waals surface area (Å²) in [6.45, 7) is 9.75. The minimum absolute atomic E-state index is 0.0170. The fraction of sp³-hybridized carbons (Fsp3) is 1.00. The van der Waals surface area contributed by atoms with Gasteiger partial charge in [-0.25, -0.2) is 0 Å². The molecule has 3 heteroatoms. The van der Waals surface area contributed by atoms with Crippen molar-refractivity contribution in [2.45, 2.75) is 134 Å². The molecule has 0 N–H and O–H groups in total. The van der Waals surface area contributed by atoms with Gasteiger partial charge in [-0.2, -0.15) is 0 Å². The van der Waals surface area contributed by atoms with Gasteiger partial charge in [0.05, 0.1) is 0 Å². The second kappa shape index (κ2) is 20.8.